The van der Waals surface area contributed by atoms with Crippen LogP contribution in [0.3, 0.4) is 0 Å². The molecule has 28 heavy (non-hydrogen) atoms. The van der Waals surface area contributed by atoms with Gasteiger partial charge in [-0.25, -0.2) is 4.98 Å². The smallest absolute Gasteiger partial charge is 0.249 e. The number of fused-ring (bicyclic) bond motifs is 1. The standard InChI is InChI=1S/C21H25N3O3S/c1-15-22-17(14-28-15)8-9-19(25)24-11-10-21(16-6-4-3-5-7-16)18(12-24)27-13-20(26)23(21)2/h3-7,14,18H,8-13H2,1-2H3/t18-,21+/m1/s1. The van der Waals surface area contributed by atoms with Crippen LogP contribution in [-0.4, -0.2) is 59.4 Å². The van der Waals surface area contributed by atoms with Gasteiger partial charge in [0.25, 0.3) is 0 Å². The molecule has 6 nitrogen and oxygen atoms in total. The van der Waals surface area contributed by atoms with Crippen molar-refractivity contribution in [2.24, 2.45) is 0 Å². The molecule has 1 aromatic heterocycles. The highest BCUT2D eigenvalue weighted by atomic mass is 32.1. The van der Waals surface area contributed by atoms with Gasteiger partial charge in [0, 0.05) is 31.9 Å². The van der Waals surface area contributed by atoms with Crippen molar-refractivity contribution in [3.8, 4) is 0 Å². The number of carbonyl (C=O) groups excluding carboxylic acids is 2. The number of piperidine rings is 1. The monoisotopic (exact) mass is 399 g/mol. The topological polar surface area (TPSA) is 62.7 Å². The molecule has 2 amide bonds. The van der Waals surface area contributed by atoms with E-state index in [2.05, 4.69) is 4.98 Å². The maximum atomic E-state index is 12.8. The summed E-state index contributed by atoms with van der Waals surface area (Å²) in [5.74, 6) is 0.106. The Morgan fingerprint density at radius 1 is 1.36 bits per heavy atom. The SMILES string of the molecule is Cc1nc(CCC(=O)N2CC[C@]3(c4ccccc4)[C@@H](C2)OCC(=O)N3C)cs1. The maximum Gasteiger partial charge on any atom is 0.249 e. The third-order valence-electron chi connectivity index (χ3n) is 5.95. The van der Waals surface area contributed by atoms with Gasteiger partial charge in [-0.15, -0.1) is 11.3 Å². The Bertz CT molecular complexity index is 869. The van der Waals surface area contributed by atoms with Crippen LogP contribution in [0.25, 0.3) is 0 Å². The molecular weight excluding hydrogens is 374 g/mol. The zero-order valence-electron chi connectivity index (χ0n) is 16.3. The Hall–Kier alpha value is -2.25. The van der Waals surface area contributed by atoms with Crippen LogP contribution < -0.4 is 0 Å². The lowest BCUT2D eigenvalue weighted by Crippen LogP contribution is -2.67. The lowest BCUT2D eigenvalue weighted by Gasteiger charge is -2.54. The van der Waals surface area contributed by atoms with Crippen LogP contribution in [-0.2, 0) is 26.3 Å². The zero-order valence-corrected chi connectivity index (χ0v) is 17.1. The van der Waals surface area contributed by atoms with E-state index in [-0.39, 0.29) is 24.5 Å². The second-order valence-electron chi connectivity index (χ2n) is 7.49. The normalized spacial score (nSPS) is 24.9. The molecule has 0 spiro atoms. The number of aromatic nitrogens is 1. The van der Waals surface area contributed by atoms with Gasteiger partial charge < -0.3 is 14.5 Å². The van der Waals surface area contributed by atoms with E-state index in [1.807, 2.05) is 59.5 Å². The lowest BCUT2D eigenvalue weighted by atomic mass is 9.76. The first kappa shape index (κ1) is 19.1. The van der Waals surface area contributed by atoms with E-state index >= 15 is 0 Å². The largest absolute Gasteiger partial charge is 0.364 e. The predicted octanol–water partition coefficient (Wildman–Crippen LogP) is 2.37. The minimum absolute atomic E-state index is 0.0150. The molecule has 1 aromatic carbocycles. The van der Waals surface area contributed by atoms with Crippen molar-refractivity contribution in [2.75, 3.05) is 26.7 Å². The summed E-state index contributed by atoms with van der Waals surface area (Å²) < 4.78 is 5.97. The van der Waals surface area contributed by atoms with Crippen LogP contribution in [0.15, 0.2) is 35.7 Å². The van der Waals surface area contributed by atoms with Crippen LogP contribution in [0.5, 0.6) is 0 Å². The highest BCUT2D eigenvalue weighted by molar-refractivity contribution is 7.09. The first-order chi connectivity index (χ1) is 13.5. The number of rotatable bonds is 4. The number of aryl methyl sites for hydroxylation is 2. The van der Waals surface area contributed by atoms with Gasteiger partial charge in [-0.05, 0) is 25.3 Å². The molecule has 0 radical (unpaired) electrons. The molecule has 148 valence electrons. The van der Waals surface area contributed by atoms with Gasteiger partial charge in [0.1, 0.15) is 12.7 Å². The molecule has 2 aliphatic heterocycles. The number of benzene rings is 1. The zero-order chi connectivity index (χ0) is 19.7. The molecule has 0 unspecified atom stereocenters. The van der Waals surface area contributed by atoms with Gasteiger partial charge in [-0.1, -0.05) is 30.3 Å². The van der Waals surface area contributed by atoms with Gasteiger partial charge in [0.2, 0.25) is 11.8 Å². The van der Waals surface area contributed by atoms with E-state index in [0.29, 0.717) is 32.4 Å². The van der Waals surface area contributed by atoms with Crippen molar-refractivity contribution in [3.05, 3.63) is 52.0 Å². The Morgan fingerprint density at radius 3 is 2.86 bits per heavy atom. The summed E-state index contributed by atoms with van der Waals surface area (Å²) in [4.78, 5) is 33.4. The van der Waals surface area contributed by atoms with Gasteiger partial charge >= 0.3 is 0 Å². The van der Waals surface area contributed by atoms with Crippen LogP contribution in [0.2, 0.25) is 0 Å². The molecule has 0 N–H and O–H groups in total. The second kappa shape index (κ2) is 7.64. The molecule has 0 aliphatic carbocycles. The summed E-state index contributed by atoms with van der Waals surface area (Å²) in [5.41, 5.74) is 1.53. The molecule has 2 aromatic rings. The summed E-state index contributed by atoms with van der Waals surface area (Å²) >= 11 is 1.61. The van der Waals surface area contributed by atoms with E-state index in [0.717, 1.165) is 16.3 Å². The van der Waals surface area contributed by atoms with Crippen LogP contribution in [0, 0.1) is 6.92 Å². The molecule has 2 saturated heterocycles. The summed E-state index contributed by atoms with van der Waals surface area (Å²) in [6, 6.07) is 10.0. The minimum Gasteiger partial charge on any atom is -0.364 e. The highest BCUT2D eigenvalue weighted by Gasteiger charge is 2.53. The molecular formula is C21H25N3O3S. The second-order valence-corrected chi connectivity index (χ2v) is 8.55. The molecule has 0 bridgehead atoms. The summed E-state index contributed by atoms with van der Waals surface area (Å²) in [6.07, 6.45) is 1.55. The fourth-order valence-corrected chi connectivity index (χ4v) is 5.01. The Balaban J connectivity index is 1.50. The van der Waals surface area contributed by atoms with E-state index in [1.165, 1.54) is 0 Å². The van der Waals surface area contributed by atoms with Gasteiger partial charge in [0.15, 0.2) is 0 Å². The van der Waals surface area contributed by atoms with Crippen molar-refractivity contribution in [1.29, 1.82) is 0 Å². The number of ether oxygens (including phenoxy) is 1. The highest BCUT2D eigenvalue weighted by Crippen LogP contribution is 2.42. The van der Waals surface area contributed by atoms with Crippen LogP contribution in [0.1, 0.15) is 29.1 Å². The summed E-state index contributed by atoms with van der Waals surface area (Å²) in [7, 11) is 1.85. The maximum absolute atomic E-state index is 12.8. The fraction of sp³-hybridized carbons (Fsp3) is 0.476. The summed E-state index contributed by atoms with van der Waals surface area (Å²) in [5, 5.41) is 3.04. The molecule has 4 rings (SSSR count). The van der Waals surface area contributed by atoms with Crippen molar-refractivity contribution in [3.63, 3.8) is 0 Å². The average molecular weight is 400 g/mol. The van der Waals surface area contributed by atoms with Gasteiger partial charge in [0.05, 0.1) is 16.2 Å². The number of likely N-dealkylation sites (tertiary alicyclic amines) is 1. The molecule has 0 saturated carbocycles. The van der Waals surface area contributed by atoms with Gasteiger partial charge in [-0.2, -0.15) is 0 Å². The van der Waals surface area contributed by atoms with Crippen molar-refractivity contribution >= 4 is 23.2 Å². The number of hydrogen-bond donors (Lipinski definition) is 0. The molecule has 3 heterocycles. The number of carbonyl (C=O) groups is 2. The fourth-order valence-electron chi connectivity index (χ4n) is 4.37. The molecule has 2 atom stereocenters. The van der Waals surface area contributed by atoms with Gasteiger partial charge in [-0.3, -0.25) is 9.59 Å². The first-order valence-corrected chi connectivity index (χ1v) is 10.5. The average Bonchev–Trinajstić information content (AvgIpc) is 3.14. The van der Waals surface area contributed by atoms with Crippen LogP contribution >= 0.6 is 11.3 Å². The Labute approximate surface area is 169 Å². The number of amides is 2. The van der Waals surface area contributed by atoms with Crippen molar-refractivity contribution in [1.82, 2.24) is 14.8 Å². The quantitative estimate of drug-likeness (QED) is 0.792. The Morgan fingerprint density at radius 2 is 2.14 bits per heavy atom. The number of nitrogens with zero attached hydrogens (tertiary/aromatic N) is 3. The van der Waals surface area contributed by atoms with Crippen molar-refractivity contribution in [2.45, 2.75) is 37.8 Å². The number of thiazole rings is 1. The number of morpholine rings is 1. The predicted molar refractivity (Wildman–Crippen MR) is 107 cm³/mol. The van der Waals surface area contributed by atoms with E-state index in [1.54, 1.807) is 11.3 Å². The molecule has 2 fully saturated rings. The molecule has 7 heteroatoms. The third kappa shape index (κ3) is 3.33. The number of likely N-dealkylation sites (N-methyl/N-ethyl adjacent to an activating group) is 1. The van der Waals surface area contributed by atoms with E-state index in [4.69, 9.17) is 4.74 Å². The Kier molecular flexibility index (Phi) is 5.21. The first-order valence-electron chi connectivity index (χ1n) is 9.63. The van der Waals surface area contributed by atoms with Crippen LogP contribution in [0.4, 0.5) is 0 Å². The molecule has 2 aliphatic rings. The number of hydrogen-bond acceptors (Lipinski definition) is 5. The van der Waals surface area contributed by atoms with E-state index in [9.17, 15) is 9.59 Å². The van der Waals surface area contributed by atoms with E-state index < -0.39 is 5.54 Å². The third-order valence-corrected chi connectivity index (χ3v) is 6.77. The van der Waals surface area contributed by atoms with Crippen molar-refractivity contribution < 1.29 is 14.3 Å². The summed E-state index contributed by atoms with van der Waals surface area (Å²) in [6.45, 7) is 3.15. The minimum atomic E-state index is -0.514. The lowest BCUT2D eigenvalue weighted by molar-refractivity contribution is -0.184.